The molecule has 158 valence electrons. The number of fused-ring (bicyclic) bond motifs is 3. The maximum absolute atomic E-state index is 12.6. The number of hydrogen-bond donors (Lipinski definition) is 1. The highest BCUT2D eigenvalue weighted by Crippen LogP contribution is 2.42. The highest BCUT2D eigenvalue weighted by molar-refractivity contribution is 7.85. The van der Waals surface area contributed by atoms with Gasteiger partial charge in [0.15, 0.2) is 11.5 Å². The fraction of sp³-hybridized carbons (Fsp3) is 0.650. The van der Waals surface area contributed by atoms with Gasteiger partial charge in [-0.25, -0.2) is 0 Å². The van der Waals surface area contributed by atoms with Gasteiger partial charge in [0.1, 0.15) is 5.78 Å². The lowest BCUT2D eigenvalue weighted by atomic mass is 9.80. The van der Waals surface area contributed by atoms with E-state index in [1.54, 1.807) is 14.2 Å². The summed E-state index contributed by atoms with van der Waals surface area (Å²) in [5, 5.41) is 0. The van der Waals surface area contributed by atoms with Gasteiger partial charge in [-0.3, -0.25) is 14.2 Å². The predicted octanol–water partition coefficient (Wildman–Crippen LogP) is 2.74. The van der Waals surface area contributed by atoms with Crippen LogP contribution in [0.2, 0.25) is 0 Å². The zero-order valence-electron chi connectivity index (χ0n) is 17.3. The summed E-state index contributed by atoms with van der Waals surface area (Å²) in [6, 6.07) is 4.35. The Morgan fingerprint density at radius 1 is 1.21 bits per heavy atom. The minimum atomic E-state index is -3.67. The second-order valence-electron chi connectivity index (χ2n) is 7.90. The minimum absolute atomic E-state index is 0.202. The van der Waals surface area contributed by atoms with Crippen LogP contribution in [-0.4, -0.2) is 57.2 Å². The van der Waals surface area contributed by atoms with E-state index in [4.69, 9.17) is 14.0 Å². The summed E-state index contributed by atoms with van der Waals surface area (Å²) in [6.45, 7) is 6.31. The molecule has 28 heavy (non-hydrogen) atoms. The average Bonchev–Trinajstić information content (AvgIpc) is 2.59. The van der Waals surface area contributed by atoms with Crippen LogP contribution in [0.4, 0.5) is 0 Å². The van der Waals surface area contributed by atoms with Crippen LogP contribution < -0.4 is 9.47 Å². The van der Waals surface area contributed by atoms with E-state index < -0.39 is 10.1 Å². The molecule has 1 saturated heterocycles. The number of piperidine rings is 1. The molecule has 1 aromatic carbocycles. The van der Waals surface area contributed by atoms with Gasteiger partial charge in [0.2, 0.25) is 0 Å². The number of carbonyl (C=O) groups is 1. The Morgan fingerprint density at radius 2 is 1.79 bits per heavy atom. The van der Waals surface area contributed by atoms with Crippen molar-refractivity contribution < 1.29 is 27.2 Å². The molecule has 1 aromatic rings. The van der Waals surface area contributed by atoms with E-state index >= 15 is 0 Å². The van der Waals surface area contributed by atoms with Crippen molar-refractivity contribution in [1.82, 2.24) is 4.90 Å². The van der Waals surface area contributed by atoms with Gasteiger partial charge >= 0.3 is 0 Å². The molecule has 1 N–H and O–H groups in total. The van der Waals surface area contributed by atoms with Crippen LogP contribution in [0.25, 0.3) is 0 Å². The summed E-state index contributed by atoms with van der Waals surface area (Å²) < 4.78 is 36.7. The Morgan fingerprint density at radius 3 is 2.32 bits per heavy atom. The van der Waals surface area contributed by atoms with Crippen LogP contribution in [0, 0.1) is 11.8 Å². The highest BCUT2D eigenvalue weighted by atomic mass is 32.2. The smallest absolute Gasteiger partial charge is 0.261 e. The standard InChI is InChI=1S/C19H27NO3.CH4O3S/c1-12(2)7-14-11-20-6-5-13-8-18(22-3)19(23-4)9-15(13)16(20)10-17(14)21;1-5(2,3)4/h8-9,12,14,16H,5-7,10-11H2,1-4H3;1H3,(H,2,3,4)/t14-,16-;/m0./s1. The van der Waals surface area contributed by atoms with Gasteiger partial charge < -0.3 is 9.47 Å². The van der Waals surface area contributed by atoms with E-state index in [1.165, 1.54) is 11.1 Å². The molecule has 2 atom stereocenters. The van der Waals surface area contributed by atoms with E-state index in [9.17, 15) is 13.2 Å². The van der Waals surface area contributed by atoms with E-state index in [2.05, 4.69) is 30.9 Å². The topological polar surface area (TPSA) is 93.1 Å². The highest BCUT2D eigenvalue weighted by Gasteiger charge is 2.38. The van der Waals surface area contributed by atoms with Gasteiger partial charge in [0.25, 0.3) is 10.1 Å². The van der Waals surface area contributed by atoms with Crippen molar-refractivity contribution in [2.24, 2.45) is 11.8 Å². The first-order chi connectivity index (χ1) is 13.0. The number of carbonyl (C=O) groups excluding carboxylic acids is 1. The predicted molar refractivity (Wildman–Crippen MR) is 108 cm³/mol. The van der Waals surface area contributed by atoms with E-state index in [-0.39, 0.29) is 12.0 Å². The fourth-order valence-corrected chi connectivity index (χ4v) is 4.05. The van der Waals surface area contributed by atoms with E-state index in [0.29, 0.717) is 24.4 Å². The quantitative estimate of drug-likeness (QED) is 0.759. The van der Waals surface area contributed by atoms with Gasteiger partial charge in [0, 0.05) is 31.5 Å². The SMILES string of the molecule is COc1cc2c(cc1OC)[C@@H]1CC(=O)[C@@H](CC(C)C)CN1CC2.CS(=O)(=O)O. The van der Waals surface area contributed by atoms with Gasteiger partial charge in [-0.15, -0.1) is 0 Å². The third-order valence-corrected chi connectivity index (χ3v) is 5.17. The van der Waals surface area contributed by atoms with Gasteiger partial charge in [-0.05, 0) is 42.0 Å². The molecule has 1 fully saturated rings. The summed E-state index contributed by atoms with van der Waals surface area (Å²) in [5.74, 6) is 2.72. The van der Waals surface area contributed by atoms with Crippen LogP contribution in [-0.2, 0) is 21.3 Å². The van der Waals surface area contributed by atoms with E-state index in [0.717, 1.165) is 37.4 Å². The third-order valence-electron chi connectivity index (χ3n) is 5.17. The molecule has 0 amide bonds. The van der Waals surface area contributed by atoms with Crippen LogP contribution >= 0.6 is 0 Å². The number of ketones is 1. The molecule has 3 rings (SSSR count). The number of ether oxygens (including phenoxy) is 2. The number of hydrogen-bond acceptors (Lipinski definition) is 6. The number of rotatable bonds is 4. The van der Waals surface area contributed by atoms with Crippen molar-refractivity contribution in [1.29, 1.82) is 0 Å². The zero-order chi connectivity index (χ0) is 21.1. The molecule has 2 heterocycles. The van der Waals surface area contributed by atoms with Crippen LogP contribution in [0.1, 0.15) is 43.9 Å². The van der Waals surface area contributed by atoms with Crippen molar-refractivity contribution in [2.45, 2.75) is 39.2 Å². The second-order valence-corrected chi connectivity index (χ2v) is 9.36. The monoisotopic (exact) mass is 413 g/mol. The summed E-state index contributed by atoms with van der Waals surface area (Å²) in [5.41, 5.74) is 2.53. The molecule has 7 nitrogen and oxygen atoms in total. The third kappa shape index (κ3) is 5.93. The molecule has 2 aliphatic rings. The minimum Gasteiger partial charge on any atom is -0.493 e. The van der Waals surface area contributed by atoms with Crippen LogP contribution in [0.15, 0.2) is 12.1 Å². The lowest BCUT2D eigenvalue weighted by Crippen LogP contribution is -2.46. The maximum atomic E-state index is 12.6. The first-order valence-corrected chi connectivity index (χ1v) is 11.3. The maximum Gasteiger partial charge on any atom is 0.261 e. The summed E-state index contributed by atoms with van der Waals surface area (Å²) >= 11 is 0. The van der Waals surface area contributed by atoms with Gasteiger partial charge in [-0.2, -0.15) is 8.42 Å². The Bertz CT molecular complexity index is 797. The summed E-state index contributed by atoms with van der Waals surface area (Å²) in [4.78, 5) is 15.1. The van der Waals surface area contributed by atoms with E-state index in [1.807, 2.05) is 0 Å². The molecule has 0 unspecified atom stereocenters. The first kappa shape index (κ1) is 22.6. The zero-order valence-corrected chi connectivity index (χ0v) is 18.1. The molecule has 0 aliphatic carbocycles. The Kier molecular flexibility index (Phi) is 7.47. The second kappa shape index (κ2) is 9.24. The Hall–Kier alpha value is -1.64. The fourth-order valence-electron chi connectivity index (χ4n) is 4.05. The molecular weight excluding hydrogens is 382 g/mol. The van der Waals surface area contributed by atoms with Gasteiger partial charge in [0.05, 0.1) is 20.5 Å². The van der Waals surface area contributed by atoms with Crippen molar-refractivity contribution in [3.8, 4) is 11.5 Å². The first-order valence-electron chi connectivity index (χ1n) is 9.47. The van der Waals surface area contributed by atoms with Crippen molar-refractivity contribution in [3.63, 3.8) is 0 Å². The van der Waals surface area contributed by atoms with Gasteiger partial charge in [-0.1, -0.05) is 13.8 Å². The summed E-state index contributed by atoms with van der Waals surface area (Å²) in [6.07, 6.45) is 3.35. The molecule has 0 spiro atoms. The Balaban J connectivity index is 0.000000500. The van der Waals surface area contributed by atoms with Crippen molar-refractivity contribution in [2.75, 3.05) is 33.6 Å². The molecule has 0 aromatic heterocycles. The van der Waals surface area contributed by atoms with Crippen molar-refractivity contribution >= 4 is 15.9 Å². The average molecular weight is 414 g/mol. The van der Waals surface area contributed by atoms with Crippen molar-refractivity contribution in [3.05, 3.63) is 23.3 Å². The molecule has 0 bridgehead atoms. The lowest BCUT2D eigenvalue weighted by Gasteiger charge is -2.43. The number of methoxy groups -OCH3 is 2. The molecule has 2 aliphatic heterocycles. The number of benzene rings is 1. The lowest BCUT2D eigenvalue weighted by molar-refractivity contribution is -0.129. The molecule has 0 saturated carbocycles. The summed E-state index contributed by atoms with van der Waals surface area (Å²) in [7, 11) is -0.338. The Labute approximate surface area is 167 Å². The molecule has 0 radical (unpaired) electrons. The largest absolute Gasteiger partial charge is 0.493 e. The number of Topliss-reactive ketones (excluding diaryl/α,β-unsaturated/α-hetero) is 1. The van der Waals surface area contributed by atoms with Crippen LogP contribution in [0.5, 0.6) is 11.5 Å². The normalized spacial score (nSPS) is 22.0. The molecule has 8 heteroatoms. The number of nitrogens with zero attached hydrogens (tertiary/aromatic N) is 1. The van der Waals surface area contributed by atoms with Crippen LogP contribution in [0.3, 0.4) is 0 Å². The molecular formula is C20H31NO6S.